The van der Waals surface area contributed by atoms with E-state index in [-0.39, 0.29) is 18.2 Å². The highest BCUT2D eigenvalue weighted by Crippen LogP contribution is 2.36. The zero-order valence-electron chi connectivity index (χ0n) is 16.8. The van der Waals surface area contributed by atoms with Gasteiger partial charge >= 0.3 is 0 Å². The number of rotatable bonds is 6. The Balaban J connectivity index is 1.58. The molecule has 31 heavy (non-hydrogen) atoms. The number of nitriles is 1. The monoisotopic (exact) mass is 429 g/mol. The van der Waals surface area contributed by atoms with Crippen molar-refractivity contribution >= 4 is 29.3 Å². The normalized spacial score (nSPS) is 15.7. The maximum atomic E-state index is 13.0. The van der Waals surface area contributed by atoms with Gasteiger partial charge in [0.15, 0.2) is 0 Å². The molecule has 7 heteroatoms. The van der Waals surface area contributed by atoms with Crippen molar-refractivity contribution in [2.45, 2.75) is 23.6 Å². The Bertz CT molecular complexity index is 1160. The molecule has 0 bridgehead atoms. The lowest BCUT2D eigenvalue weighted by Crippen LogP contribution is -2.31. The van der Waals surface area contributed by atoms with Crippen LogP contribution in [-0.2, 0) is 9.59 Å². The first-order valence-electron chi connectivity index (χ1n) is 9.83. The summed E-state index contributed by atoms with van der Waals surface area (Å²) in [6, 6.07) is 22.1. The van der Waals surface area contributed by atoms with E-state index in [0.717, 1.165) is 17.3 Å². The second kappa shape index (κ2) is 9.02. The van der Waals surface area contributed by atoms with Crippen LogP contribution < -0.4 is 9.64 Å². The number of carbonyl (C=O) groups excluding carboxylic acids is 2. The number of hydrogen-bond acceptors (Lipinski definition) is 6. The van der Waals surface area contributed by atoms with Crippen molar-refractivity contribution in [1.82, 2.24) is 4.98 Å². The fourth-order valence-corrected chi connectivity index (χ4v) is 4.44. The highest BCUT2D eigenvalue weighted by atomic mass is 32.2. The summed E-state index contributed by atoms with van der Waals surface area (Å²) in [4.78, 5) is 31.4. The van der Waals surface area contributed by atoms with Gasteiger partial charge in [0.25, 0.3) is 0 Å². The van der Waals surface area contributed by atoms with Gasteiger partial charge in [0.05, 0.1) is 28.8 Å². The first-order valence-corrected chi connectivity index (χ1v) is 10.7. The van der Waals surface area contributed by atoms with Gasteiger partial charge in [-0.25, -0.2) is 9.88 Å². The maximum Gasteiger partial charge on any atom is 0.247 e. The summed E-state index contributed by atoms with van der Waals surface area (Å²) in [5.41, 5.74) is 2.51. The van der Waals surface area contributed by atoms with Gasteiger partial charge < -0.3 is 4.74 Å². The van der Waals surface area contributed by atoms with Crippen LogP contribution in [0.15, 0.2) is 71.8 Å². The predicted molar refractivity (Wildman–Crippen MR) is 119 cm³/mol. The second-order valence-electron chi connectivity index (χ2n) is 6.83. The van der Waals surface area contributed by atoms with Gasteiger partial charge in [-0.1, -0.05) is 42.1 Å². The highest BCUT2D eigenvalue weighted by molar-refractivity contribution is 8.00. The number of hydrogen-bond donors (Lipinski definition) is 0. The molecule has 6 nitrogen and oxygen atoms in total. The van der Waals surface area contributed by atoms with Crippen molar-refractivity contribution in [3.05, 3.63) is 72.3 Å². The minimum atomic E-state index is -0.635. The van der Waals surface area contributed by atoms with E-state index in [1.807, 2.05) is 37.3 Å². The number of thioether (sulfide) groups is 1. The average Bonchev–Trinajstić information content (AvgIpc) is 3.08. The molecule has 0 unspecified atom stereocenters. The van der Waals surface area contributed by atoms with Gasteiger partial charge in [0.1, 0.15) is 16.8 Å². The number of benzene rings is 2. The maximum absolute atomic E-state index is 13.0. The standard InChI is InChI=1S/C24H19N3O3S/c1-2-30-19-11-9-18(10-12-19)27-22(28)14-21(24(27)29)31-23-17(15-25)8-13-20(26-23)16-6-4-3-5-7-16/h3-13,21H,2,14H2,1H3/t21-/m1/s1. The Morgan fingerprint density at radius 2 is 1.84 bits per heavy atom. The van der Waals surface area contributed by atoms with E-state index in [0.29, 0.717) is 34.3 Å². The van der Waals surface area contributed by atoms with E-state index in [4.69, 9.17) is 4.74 Å². The molecule has 1 aromatic heterocycles. The van der Waals surface area contributed by atoms with Gasteiger partial charge in [-0.15, -0.1) is 0 Å². The molecule has 2 heterocycles. The SMILES string of the molecule is CCOc1ccc(N2C(=O)C[C@@H](Sc3nc(-c4ccccc4)ccc3C#N)C2=O)cc1. The molecule has 3 aromatic rings. The Morgan fingerprint density at radius 3 is 2.52 bits per heavy atom. The number of aromatic nitrogens is 1. The van der Waals surface area contributed by atoms with Gasteiger partial charge in [0.2, 0.25) is 11.8 Å². The van der Waals surface area contributed by atoms with Crippen LogP contribution in [0.3, 0.4) is 0 Å². The lowest BCUT2D eigenvalue weighted by Gasteiger charge is -2.15. The summed E-state index contributed by atoms with van der Waals surface area (Å²) in [7, 11) is 0. The summed E-state index contributed by atoms with van der Waals surface area (Å²) in [6.45, 7) is 2.43. The third-order valence-corrected chi connectivity index (χ3v) is 6.00. The van der Waals surface area contributed by atoms with E-state index >= 15 is 0 Å². The van der Waals surface area contributed by atoms with Crippen molar-refractivity contribution in [3.63, 3.8) is 0 Å². The molecule has 0 spiro atoms. The summed E-state index contributed by atoms with van der Waals surface area (Å²) >= 11 is 1.16. The highest BCUT2D eigenvalue weighted by Gasteiger charge is 2.40. The molecule has 1 saturated heterocycles. The Labute approximate surface area is 184 Å². The Morgan fingerprint density at radius 1 is 1.10 bits per heavy atom. The van der Waals surface area contributed by atoms with Crippen LogP contribution in [0, 0.1) is 11.3 Å². The van der Waals surface area contributed by atoms with Crippen LogP contribution in [0.1, 0.15) is 18.9 Å². The molecular formula is C24H19N3O3S. The fourth-order valence-electron chi connectivity index (χ4n) is 3.35. The zero-order valence-corrected chi connectivity index (χ0v) is 17.6. The first kappa shape index (κ1) is 20.6. The molecule has 1 aliphatic rings. The molecule has 154 valence electrons. The Kier molecular flexibility index (Phi) is 6.01. The van der Waals surface area contributed by atoms with Crippen LogP contribution in [0.5, 0.6) is 5.75 Å². The van der Waals surface area contributed by atoms with E-state index in [1.165, 1.54) is 4.90 Å². The van der Waals surface area contributed by atoms with Crippen LogP contribution in [-0.4, -0.2) is 28.7 Å². The van der Waals surface area contributed by atoms with Gasteiger partial charge in [-0.2, -0.15) is 5.26 Å². The van der Waals surface area contributed by atoms with Crippen LogP contribution in [0.2, 0.25) is 0 Å². The quantitative estimate of drug-likeness (QED) is 0.539. The molecule has 0 radical (unpaired) electrons. The van der Waals surface area contributed by atoms with Crippen LogP contribution in [0.25, 0.3) is 11.3 Å². The minimum Gasteiger partial charge on any atom is -0.494 e. The largest absolute Gasteiger partial charge is 0.494 e. The van der Waals surface area contributed by atoms with E-state index in [9.17, 15) is 14.9 Å². The van der Waals surface area contributed by atoms with Crippen molar-refractivity contribution in [2.75, 3.05) is 11.5 Å². The molecule has 1 aliphatic heterocycles. The zero-order chi connectivity index (χ0) is 21.8. The molecular weight excluding hydrogens is 410 g/mol. The molecule has 1 atom stereocenters. The molecule has 1 fully saturated rings. The average molecular weight is 430 g/mol. The topological polar surface area (TPSA) is 83.3 Å². The van der Waals surface area contributed by atoms with Crippen molar-refractivity contribution < 1.29 is 14.3 Å². The molecule has 0 saturated carbocycles. The van der Waals surface area contributed by atoms with E-state index in [2.05, 4.69) is 11.1 Å². The third kappa shape index (κ3) is 4.30. The predicted octanol–water partition coefficient (Wildman–Crippen LogP) is 4.44. The van der Waals surface area contributed by atoms with Crippen LogP contribution >= 0.6 is 11.8 Å². The van der Waals surface area contributed by atoms with Crippen LogP contribution in [0.4, 0.5) is 5.69 Å². The smallest absolute Gasteiger partial charge is 0.247 e. The summed E-state index contributed by atoms with van der Waals surface area (Å²) in [5, 5.41) is 9.31. The van der Waals surface area contributed by atoms with Crippen molar-refractivity contribution in [2.24, 2.45) is 0 Å². The third-order valence-electron chi connectivity index (χ3n) is 4.82. The molecule has 0 N–H and O–H groups in total. The number of carbonyl (C=O) groups is 2. The lowest BCUT2D eigenvalue weighted by atomic mass is 10.1. The fraction of sp³-hybridized carbons (Fsp3) is 0.167. The first-order chi connectivity index (χ1) is 15.1. The molecule has 2 aromatic carbocycles. The Hall–Kier alpha value is -3.63. The van der Waals surface area contributed by atoms with Crippen molar-refractivity contribution in [1.29, 1.82) is 5.26 Å². The van der Waals surface area contributed by atoms with Crippen molar-refractivity contribution in [3.8, 4) is 23.1 Å². The second-order valence-corrected chi connectivity index (χ2v) is 8.02. The molecule has 2 amide bonds. The number of amides is 2. The summed E-state index contributed by atoms with van der Waals surface area (Å²) < 4.78 is 5.42. The molecule has 0 aliphatic carbocycles. The number of anilines is 1. The van der Waals surface area contributed by atoms with Gasteiger partial charge in [-0.05, 0) is 43.3 Å². The van der Waals surface area contributed by atoms with E-state index in [1.54, 1.807) is 36.4 Å². The number of imide groups is 1. The summed E-state index contributed by atoms with van der Waals surface area (Å²) in [6.07, 6.45) is 0.0544. The minimum absolute atomic E-state index is 0.0544. The lowest BCUT2D eigenvalue weighted by molar-refractivity contribution is -0.121. The van der Waals surface area contributed by atoms with Gasteiger partial charge in [-0.3, -0.25) is 9.59 Å². The van der Waals surface area contributed by atoms with E-state index < -0.39 is 5.25 Å². The number of ether oxygens (including phenoxy) is 1. The van der Waals surface area contributed by atoms with Gasteiger partial charge in [0, 0.05) is 12.0 Å². The number of nitrogens with zero attached hydrogens (tertiary/aromatic N) is 3. The molecule has 4 rings (SSSR count). The summed E-state index contributed by atoms with van der Waals surface area (Å²) in [5.74, 6) is 0.0937. The number of pyridine rings is 1.